The van der Waals surface area contributed by atoms with Crippen LogP contribution in [0.2, 0.25) is 0 Å². The van der Waals surface area contributed by atoms with Crippen LogP contribution in [0.5, 0.6) is 0 Å². The minimum atomic E-state index is -1.42. The Morgan fingerprint density at radius 3 is 2.54 bits per heavy atom. The number of carbonyl (C=O) groups excluding carboxylic acids is 1. The second-order valence-corrected chi connectivity index (χ2v) is 7.49. The van der Waals surface area contributed by atoms with Crippen molar-refractivity contribution >= 4 is 39.5 Å². The summed E-state index contributed by atoms with van der Waals surface area (Å²) in [5.41, 5.74) is -0.541. The number of hydrogen-bond donors (Lipinski definition) is 0. The number of non-ortho nitro benzene ring substituents is 1. The van der Waals surface area contributed by atoms with Gasteiger partial charge in [0.05, 0.1) is 15.8 Å². The van der Waals surface area contributed by atoms with Gasteiger partial charge in [0.25, 0.3) is 5.69 Å². The normalized spacial score (nSPS) is 12.9. The van der Waals surface area contributed by atoms with Gasteiger partial charge in [-0.3, -0.25) is 14.4 Å². The first-order valence-corrected chi connectivity index (χ1v) is 8.50. The summed E-state index contributed by atoms with van der Waals surface area (Å²) in [5.74, 6) is 0.195. The third-order valence-corrected chi connectivity index (χ3v) is 4.05. The molecule has 1 unspecified atom stereocenters. The van der Waals surface area contributed by atoms with Gasteiger partial charge in [0.15, 0.2) is 5.82 Å². The highest BCUT2D eigenvalue weighted by Gasteiger charge is 2.25. The second kappa shape index (κ2) is 6.19. The van der Waals surface area contributed by atoms with Crippen LogP contribution in [-0.4, -0.2) is 43.9 Å². The van der Waals surface area contributed by atoms with Crippen LogP contribution in [0.3, 0.4) is 0 Å². The van der Waals surface area contributed by atoms with Gasteiger partial charge in [-0.2, -0.15) is 4.68 Å². The predicted molar refractivity (Wildman–Crippen MR) is 90.5 cm³/mol. The van der Waals surface area contributed by atoms with Crippen LogP contribution in [0.15, 0.2) is 18.2 Å². The maximum absolute atomic E-state index is 12.3. The Morgan fingerprint density at radius 1 is 1.42 bits per heavy atom. The first-order valence-electron chi connectivity index (χ1n) is 6.99. The summed E-state index contributed by atoms with van der Waals surface area (Å²) < 4.78 is 19.4. The SMILES string of the molecule is CN(c1nn(C(=O)OC(C)(C)C)c2ccc([N+](=O)[O-])cc12)S(C)=O. The molecule has 0 aliphatic carbocycles. The fourth-order valence-electron chi connectivity index (χ4n) is 2.00. The number of rotatable bonds is 3. The number of carbonyl (C=O) groups is 1. The summed E-state index contributed by atoms with van der Waals surface area (Å²) in [4.78, 5) is 22.8. The standard InChI is InChI=1S/C14H18N4O5S/c1-14(2,3)23-13(19)17-11-7-6-9(18(20)21)8-10(11)12(15-17)16(4)24(5)22/h6-8H,1-5H3. The Kier molecular flexibility index (Phi) is 4.61. The Hall–Kier alpha value is -2.49. The molecule has 0 radical (unpaired) electrons. The van der Waals surface area contributed by atoms with Crippen LogP contribution in [0.25, 0.3) is 10.9 Å². The van der Waals surface area contributed by atoms with Crippen molar-refractivity contribution in [1.82, 2.24) is 9.78 Å². The monoisotopic (exact) mass is 354 g/mol. The number of fused-ring (bicyclic) bond motifs is 1. The molecule has 24 heavy (non-hydrogen) atoms. The lowest BCUT2D eigenvalue weighted by molar-refractivity contribution is -0.384. The third kappa shape index (κ3) is 3.53. The zero-order valence-corrected chi connectivity index (χ0v) is 14.8. The molecular formula is C14H18N4O5S. The predicted octanol–water partition coefficient (Wildman–Crippen LogP) is 2.46. The Balaban J connectivity index is 2.67. The summed E-state index contributed by atoms with van der Waals surface area (Å²) in [6, 6.07) is 3.99. The van der Waals surface area contributed by atoms with Crippen molar-refractivity contribution in [2.45, 2.75) is 26.4 Å². The average molecular weight is 354 g/mol. The summed E-state index contributed by atoms with van der Waals surface area (Å²) >= 11 is 0. The zero-order valence-electron chi connectivity index (χ0n) is 14.0. The largest absolute Gasteiger partial charge is 0.442 e. The van der Waals surface area contributed by atoms with Crippen molar-refractivity contribution in [3.8, 4) is 0 Å². The molecule has 2 aromatic rings. The summed E-state index contributed by atoms with van der Waals surface area (Å²) in [6.07, 6.45) is 0.721. The van der Waals surface area contributed by atoms with E-state index >= 15 is 0 Å². The minimum Gasteiger partial charge on any atom is -0.442 e. The van der Waals surface area contributed by atoms with Crippen LogP contribution < -0.4 is 4.31 Å². The van der Waals surface area contributed by atoms with E-state index in [1.54, 1.807) is 20.8 Å². The highest BCUT2D eigenvalue weighted by Crippen LogP contribution is 2.30. The van der Waals surface area contributed by atoms with Gasteiger partial charge in [-0.05, 0) is 26.8 Å². The van der Waals surface area contributed by atoms with Crippen molar-refractivity contribution in [3.05, 3.63) is 28.3 Å². The van der Waals surface area contributed by atoms with Gasteiger partial charge < -0.3 is 4.74 Å². The molecule has 0 saturated heterocycles. The van der Waals surface area contributed by atoms with Crippen molar-refractivity contribution in [1.29, 1.82) is 0 Å². The molecule has 1 heterocycles. The third-order valence-electron chi connectivity index (χ3n) is 3.11. The number of hydrogen-bond acceptors (Lipinski definition) is 6. The van der Waals surface area contributed by atoms with E-state index in [1.165, 1.54) is 35.8 Å². The van der Waals surface area contributed by atoms with E-state index < -0.39 is 27.6 Å². The second-order valence-electron chi connectivity index (χ2n) is 6.10. The van der Waals surface area contributed by atoms with Crippen LogP contribution in [-0.2, 0) is 15.7 Å². The Morgan fingerprint density at radius 2 is 2.04 bits per heavy atom. The lowest BCUT2D eigenvalue weighted by Gasteiger charge is -2.19. The summed E-state index contributed by atoms with van der Waals surface area (Å²) in [6.45, 7) is 5.15. The molecule has 0 saturated carbocycles. The molecule has 0 aliphatic rings. The zero-order chi connectivity index (χ0) is 18.2. The topological polar surface area (TPSA) is 108 Å². The fourth-order valence-corrected chi connectivity index (χ4v) is 2.38. The minimum absolute atomic E-state index is 0.150. The van der Waals surface area contributed by atoms with E-state index in [0.29, 0.717) is 10.9 Å². The molecule has 1 atom stereocenters. The van der Waals surface area contributed by atoms with E-state index in [9.17, 15) is 19.1 Å². The molecule has 0 aliphatic heterocycles. The Labute approximate surface area is 140 Å². The van der Waals surface area contributed by atoms with E-state index in [4.69, 9.17) is 4.74 Å². The molecule has 0 bridgehead atoms. The molecule has 2 rings (SSSR count). The van der Waals surface area contributed by atoms with E-state index in [1.807, 2.05) is 0 Å². The highest BCUT2D eigenvalue weighted by atomic mass is 32.2. The number of ether oxygens (including phenoxy) is 1. The molecule has 9 nitrogen and oxygen atoms in total. The number of nitro benzene ring substituents is 1. The smallest absolute Gasteiger partial charge is 0.435 e. The van der Waals surface area contributed by atoms with Crippen molar-refractivity contribution in [2.75, 3.05) is 17.6 Å². The molecule has 1 aromatic heterocycles. The van der Waals surface area contributed by atoms with Crippen LogP contribution in [0.4, 0.5) is 16.3 Å². The molecule has 0 N–H and O–H groups in total. The number of benzene rings is 1. The van der Waals surface area contributed by atoms with Gasteiger partial charge in [-0.1, -0.05) is 0 Å². The van der Waals surface area contributed by atoms with E-state index in [-0.39, 0.29) is 11.5 Å². The van der Waals surface area contributed by atoms with E-state index in [2.05, 4.69) is 5.10 Å². The van der Waals surface area contributed by atoms with Crippen molar-refractivity contribution in [3.63, 3.8) is 0 Å². The summed E-state index contributed by atoms with van der Waals surface area (Å²) in [5, 5.41) is 15.5. The quantitative estimate of drug-likeness (QED) is 0.619. The lowest BCUT2D eigenvalue weighted by Crippen LogP contribution is -2.28. The van der Waals surface area contributed by atoms with Gasteiger partial charge in [-0.15, -0.1) is 5.10 Å². The fraction of sp³-hybridized carbons (Fsp3) is 0.429. The number of anilines is 1. The van der Waals surface area contributed by atoms with E-state index in [0.717, 1.165) is 4.68 Å². The van der Waals surface area contributed by atoms with Crippen LogP contribution >= 0.6 is 0 Å². The molecule has 130 valence electrons. The van der Waals surface area contributed by atoms with Gasteiger partial charge in [0.1, 0.15) is 16.6 Å². The molecule has 0 amide bonds. The average Bonchev–Trinajstić information content (AvgIpc) is 2.83. The highest BCUT2D eigenvalue weighted by molar-refractivity contribution is 7.85. The lowest BCUT2D eigenvalue weighted by atomic mass is 10.2. The van der Waals surface area contributed by atoms with Gasteiger partial charge in [-0.25, -0.2) is 9.00 Å². The van der Waals surface area contributed by atoms with Crippen LogP contribution in [0, 0.1) is 10.1 Å². The number of aromatic nitrogens is 2. The Bertz CT molecular complexity index is 840. The molecule has 0 spiro atoms. The maximum Gasteiger partial charge on any atom is 0.435 e. The number of nitro groups is 1. The molecule has 1 aromatic carbocycles. The van der Waals surface area contributed by atoms with Gasteiger partial charge >= 0.3 is 6.09 Å². The summed E-state index contributed by atoms with van der Waals surface area (Å²) in [7, 11) is 0.106. The van der Waals surface area contributed by atoms with Gasteiger partial charge in [0.2, 0.25) is 0 Å². The first kappa shape index (κ1) is 17.9. The molecule has 0 fully saturated rings. The first-order chi connectivity index (χ1) is 11.0. The maximum atomic E-state index is 12.3. The van der Waals surface area contributed by atoms with Crippen LogP contribution in [0.1, 0.15) is 20.8 Å². The van der Waals surface area contributed by atoms with Crippen molar-refractivity contribution < 1.29 is 18.7 Å². The number of nitrogens with zero attached hydrogens (tertiary/aromatic N) is 4. The van der Waals surface area contributed by atoms with Gasteiger partial charge in [0, 0.05) is 25.4 Å². The molecular weight excluding hydrogens is 336 g/mol. The van der Waals surface area contributed by atoms with Crippen molar-refractivity contribution in [2.24, 2.45) is 0 Å². The molecule has 10 heteroatoms.